The predicted octanol–water partition coefficient (Wildman–Crippen LogP) is 1.36. The van der Waals surface area contributed by atoms with E-state index in [0.717, 1.165) is 0 Å². The molecule has 0 aliphatic heterocycles. The lowest BCUT2D eigenvalue weighted by molar-refractivity contribution is 0.232. The molecule has 0 bridgehead atoms. The van der Waals surface area contributed by atoms with Gasteiger partial charge in [-0.25, -0.2) is 13.1 Å². The smallest absolute Gasteiger partial charge is 0.274 e. The molecule has 0 amide bonds. The van der Waals surface area contributed by atoms with Crippen LogP contribution in [-0.2, 0) is 16.6 Å². The molecule has 1 aromatic rings. The molecule has 1 heterocycles. The van der Waals surface area contributed by atoms with Crippen LogP contribution in [0.5, 0.6) is 0 Å². The van der Waals surface area contributed by atoms with Gasteiger partial charge < -0.3 is 14.8 Å². The van der Waals surface area contributed by atoms with Gasteiger partial charge in [0.1, 0.15) is 5.76 Å². The third-order valence-corrected chi connectivity index (χ3v) is 5.38. The molecule has 1 aliphatic rings. The van der Waals surface area contributed by atoms with Crippen molar-refractivity contribution in [3.8, 4) is 0 Å². The summed E-state index contributed by atoms with van der Waals surface area (Å²) in [6, 6.07) is 3.70. The van der Waals surface area contributed by atoms with Crippen LogP contribution in [0.25, 0.3) is 0 Å². The maximum Gasteiger partial charge on any atom is 0.274 e. The van der Waals surface area contributed by atoms with E-state index in [2.05, 4.69) is 10.0 Å². The van der Waals surface area contributed by atoms with Gasteiger partial charge in [-0.1, -0.05) is 6.92 Å². The van der Waals surface area contributed by atoms with E-state index in [-0.39, 0.29) is 11.7 Å². The van der Waals surface area contributed by atoms with Gasteiger partial charge in [-0.05, 0) is 44.7 Å². The van der Waals surface area contributed by atoms with Crippen molar-refractivity contribution in [3.63, 3.8) is 0 Å². The average Bonchev–Trinajstić information content (AvgIpc) is 3.12. The van der Waals surface area contributed by atoms with Crippen molar-refractivity contribution in [1.82, 2.24) is 10.0 Å². The summed E-state index contributed by atoms with van der Waals surface area (Å²) in [6.07, 6.45) is 3.29. The maximum absolute atomic E-state index is 12.3. The molecule has 120 valence electrons. The summed E-state index contributed by atoms with van der Waals surface area (Å²) >= 11 is 0. The Labute approximate surface area is 126 Å². The second kappa shape index (κ2) is 6.48. The Morgan fingerprint density at radius 2 is 2.14 bits per heavy atom. The fourth-order valence-electron chi connectivity index (χ4n) is 2.05. The highest BCUT2D eigenvalue weighted by atomic mass is 32.2. The first-order chi connectivity index (χ1) is 9.88. The highest BCUT2D eigenvalue weighted by Gasteiger charge is 2.30. The summed E-state index contributed by atoms with van der Waals surface area (Å²) in [5.74, 6) is 0.614. The van der Waals surface area contributed by atoms with Crippen LogP contribution in [0, 0.1) is 0 Å². The van der Waals surface area contributed by atoms with E-state index in [1.807, 2.05) is 6.92 Å². The topological polar surface area (TPSA) is 91.6 Å². The van der Waals surface area contributed by atoms with Gasteiger partial charge in [-0.15, -0.1) is 0 Å². The Kier molecular flexibility index (Phi) is 5.08. The number of aliphatic hydroxyl groups is 1. The molecule has 1 unspecified atom stereocenters. The minimum atomic E-state index is -3.71. The third-order valence-electron chi connectivity index (χ3n) is 3.87. The first-order valence-electron chi connectivity index (χ1n) is 7.35. The minimum Gasteiger partial charge on any atom is -0.447 e. The first-order valence-corrected chi connectivity index (χ1v) is 8.84. The lowest BCUT2D eigenvalue weighted by Gasteiger charge is -2.27. The van der Waals surface area contributed by atoms with E-state index in [4.69, 9.17) is 9.52 Å². The average molecular weight is 316 g/mol. The van der Waals surface area contributed by atoms with Crippen LogP contribution in [0.4, 0.5) is 0 Å². The second-order valence-corrected chi connectivity index (χ2v) is 7.48. The molecule has 2 rings (SSSR count). The Bertz CT molecular complexity index is 565. The Morgan fingerprint density at radius 1 is 1.43 bits per heavy atom. The summed E-state index contributed by atoms with van der Waals surface area (Å²) in [5.41, 5.74) is -0.674. The summed E-state index contributed by atoms with van der Waals surface area (Å²) in [7, 11) is -3.71. The molecule has 6 nitrogen and oxygen atoms in total. The number of furan rings is 1. The maximum atomic E-state index is 12.3. The molecule has 1 atom stereocenters. The van der Waals surface area contributed by atoms with Gasteiger partial charge in [0, 0.05) is 18.2 Å². The molecule has 0 aromatic carbocycles. The van der Waals surface area contributed by atoms with Crippen LogP contribution in [0.2, 0.25) is 0 Å². The zero-order valence-corrected chi connectivity index (χ0v) is 13.4. The highest BCUT2D eigenvalue weighted by molar-refractivity contribution is 7.89. The van der Waals surface area contributed by atoms with Crippen LogP contribution in [0.15, 0.2) is 21.6 Å². The Balaban J connectivity index is 2.03. The summed E-state index contributed by atoms with van der Waals surface area (Å²) in [4.78, 5) is 0. The van der Waals surface area contributed by atoms with Gasteiger partial charge in [0.15, 0.2) is 0 Å². The molecule has 1 aromatic heterocycles. The van der Waals surface area contributed by atoms with Crippen LogP contribution >= 0.6 is 0 Å². The van der Waals surface area contributed by atoms with E-state index in [1.54, 1.807) is 13.0 Å². The summed E-state index contributed by atoms with van der Waals surface area (Å²) < 4.78 is 32.7. The molecule has 1 fully saturated rings. The van der Waals surface area contributed by atoms with Crippen LogP contribution in [0.3, 0.4) is 0 Å². The van der Waals surface area contributed by atoms with Gasteiger partial charge in [0.2, 0.25) is 5.09 Å². The van der Waals surface area contributed by atoms with E-state index in [1.165, 1.54) is 18.9 Å². The minimum absolute atomic E-state index is 0.0679. The van der Waals surface area contributed by atoms with Crippen molar-refractivity contribution in [2.75, 3.05) is 6.61 Å². The Morgan fingerprint density at radius 3 is 2.71 bits per heavy atom. The van der Waals surface area contributed by atoms with Crippen molar-refractivity contribution in [3.05, 3.63) is 17.9 Å². The van der Waals surface area contributed by atoms with E-state index in [0.29, 0.717) is 31.2 Å². The number of hydrogen-bond acceptors (Lipinski definition) is 5. The van der Waals surface area contributed by atoms with Gasteiger partial charge in [-0.3, -0.25) is 0 Å². The lowest BCUT2D eigenvalue weighted by atomic mass is 9.97. The molecule has 0 spiro atoms. The van der Waals surface area contributed by atoms with Crippen LogP contribution in [-0.4, -0.2) is 31.7 Å². The normalized spacial score (nSPS) is 18.6. The van der Waals surface area contributed by atoms with Crippen molar-refractivity contribution < 1.29 is 17.9 Å². The first kappa shape index (κ1) is 16.5. The number of rotatable bonds is 9. The fraction of sp³-hybridized carbons (Fsp3) is 0.714. The zero-order chi connectivity index (χ0) is 15.5. The van der Waals surface area contributed by atoms with Crippen molar-refractivity contribution in [2.24, 2.45) is 0 Å². The molecule has 1 aliphatic carbocycles. The molecule has 7 heteroatoms. The largest absolute Gasteiger partial charge is 0.447 e. The molecular formula is C14H24N2O4S. The lowest BCUT2D eigenvalue weighted by Crippen LogP contribution is -2.45. The second-order valence-electron chi connectivity index (χ2n) is 5.87. The van der Waals surface area contributed by atoms with Crippen molar-refractivity contribution >= 4 is 10.0 Å². The number of nitrogens with one attached hydrogen (secondary N) is 2. The highest BCUT2D eigenvalue weighted by Crippen LogP contribution is 2.22. The van der Waals surface area contributed by atoms with E-state index < -0.39 is 15.6 Å². The quantitative estimate of drug-likeness (QED) is 0.640. The van der Waals surface area contributed by atoms with Crippen LogP contribution in [0.1, 0.15) is 45.3 Å². The molecular weight excluding hydrogens is 292 g/mol. The molecule has 0 saturated heterocycles. The summed E-state index contributed by atoms with van der Waals surface area (Å²) in [5, 5.41) is 12.3. The predicted molar refractivity (Wildman–Crippen MR) is 79.3 cm³/mol. The number of hydrogen-bond donors (Lipinski definition) is 3. The molecule has 3 N–H and O–H groups in total. The SMILES string of the molecule is CCC(C)(CCO)NS(=O)(=O)c1ccc(CNC2CC2)o1. The zero-order valence-electron chi connectivity index (χ0n) is 12.6. The van der Waals surface area contributed by atoms with Crippen LogP contribution < -0.4 is 10.0 Å². The van der Waals surface area contributed by atoms with Gasteiger partial charge in [0.25, 0.3) is 10.0 Å². The van der Waals surface area contributed by atoms with Gasteiger partial charge in [0.05, 0.1) is 6.54 Å². The monoisotopic (exact) mass is 316 g/mol. The summed E-state index contributed by atoms with van der Waals surface area (Å²) in [6.45, 7) is 4.13. The van der Waals surface area contributed by atoms with E-state index >= 15 is 0 Å². The van der Waals surface area contributed by atoms with Crippen molar-refractivity contribution in [2.45, 2.75) is 62.7 Å². The Hall–Kier alpha value is -0.890. The van der Waals surface area contributed by atoms with Gasteiger partial charge >= 0.3 is 0 Å². The molecule has 21 heavy (non-hydrogen) atoms. The van der Waals surface area contributed by atoms with E-state index in [9.17, 15) is 8.42 Å². The van der Waals surface area contributed by atoms with Crippen molar-refractivity contribution in [1.29, 1.82) is 0 Å². The standard InChI is InChI=1S/C14H24N2O4S/c1-3-14(2,8-9-17)16-21(18,19)13-7-6-12(20-13)10-15-11-4-5-11/h6-7,11,15-17H,3-5,8-10H2,1-2H3. The van der Waals surface area contributed by atoms with Gasteiger partial charge in [-0.2, -0.15) is 0 Å². The third kappa shape index (κ3) is 4.54. The molecule has 0 radical (unpaired) electrons. The number of aliphatic hydroxyl groups excluding tert-OH is 1. The number of sulfonamides is 1. The molecule has 1 saturated carbocycles. The fourth-order valence-corrected chi connectivity index (χ4v) is 3.51.